The van der Waals surface area contributed by atoms with Crippen LogP contribution in [-0.4, -0.2) is 87.8 Å². The first-order chi connectivity index (χ1) is 10.8. The minimum absolute atomic E-state index is 0.203. The van der Waals surface area contributed by atoms with Crippen molar-refractivity contribution in [2.75, 3.05) is 13.2 Å². The van der Waals surface area contributed by atoms with Crippen molar-refractivity contribution in [1.29, 1.82) is 0 Å². The lowest BCUT2D eigenvalue weighted by Gasteiger charge is -2.46. The molecule has 2 fully saturated rings. The molecule has 10 atom stereocenters. The summed E-state index contributed by atoms with van der Waals surface area (Å²) < 4.78 is 17.0. The van der Waals surface area contributed by atoms with Gasteiger partial charge in [-0.1, -0.05) is 13.8 Å². The van der Waals surface area contributed by atoms with Gasteiger partial charge < -0.3 is 39.7 Å². The fraction of sp³-hybridized carbons (Fsp3) is 1.00. The molecule has 2 saturated heterocycles. The second-order valence-corrected chi connectivity index (χ2v) is 6.58. The Morgan fingerprint density at radius 2 is 1.39 bits per heavy atom. The Balaban J connectivity index is 2.11. The fourth-order valence-electron chi connectivity index (χ4n) is 3.12. The van der Waals surface area contributed by atoms with Crippen molar-refractivity contribution < 1.29 is 39.7 Å². The highest BCUT2D eigenvalue weighted by molar-refractivity contribution is 4.92. The molecule has 2 aliphatic rings. The van der Waals surface area contributed by atoms with Gasteiger partial charge in [0.1, 0.15) is 24.4 Å². The smallest absolute Gasteiger partial charge is 0.163 e. The van der Waals surface area contributed by atoms with Gasteiger partial charge in [0.25, 0.3) is 0 Å². The molecular formula is C15H28O8. The second kappa shape index (κ2) is 7.71. The maximum Gasteiger partial charge on any atom is 0.163 e. The topological polar surface area (TPSA) is 129 Å². The highest BCUT2D eigenvalue weighted by Crippen LogP contribution is 2.33. The van der Waals surface area contributed by atoms with Crippen LogP contribution < -0.4 is 0 Å². The first-order valence-electron chi connectivity index (χ1n) is 8.04. The zero-order chi connectivity index (χ0) is 17.3. The third kappa shape index (κ3) is 3.69. The van der Waals surface area contributed by atoms with E-state index in [4.69, 9.17) is 14.2 Å². The maximum atomic E-state index is 10.4. The van der Waals surface area contributed by atoms with Crippen LogP contribution in [0.15, 0.2) is 0 Å². The van der Waals surface area contributed by atoms with E-state index in [2.05, 4.69) is 0 Å². The molecule has 2 aliphatic heterocycles. The van der Waals surface area contributed by atoms with Gasteiger partial charge in [0.05, 0.1) is 31.5 Å². The standard InChI is InChI=1S/C15H28O8/c1-6-8(3)21-10(5-17)14(12(6)19)23-15-7(2)11(18)13(20)9(4-16)22-15/h6-20H,4-5H2,1-3H3. The summed E-state index contributed by atoms with van der Waals surface area (Å²) in [5.41, 5.74) is 0. The van der Waals surface area contributed by atoms with Gasteiger partial charge in [-0.25, -0.2) is 0 Å². The largest absolute Gasteiger partial charge is 0.394 e. The molecule has 0 aromatic heterocycles. The molecule has 2 heterocycles. The molecule has 0 bridgehead atoms. The van der Waals surface area contributed by atoms with Gasteiger partial charge in [-0.15, -0.1) is 0 Å². The molecule has 0 aliphatic carbocycles. The molecule has 0 amide bonds. The Morgan fingerprint density at radius 1 is 0.783 bits per heavy atom. The van der Waals surface area contributed by atoms with Crippen LogP contribution in [-0.2, 0) is 14.2 Å². The second-order valence-electron chi connectivity index (χ2n) is 6.58. The van der Waals surface area contributed by atoms with Crippen LogP contribution in [0, 0.1) is 11.8 Å². The molecule has 5 N–H and O–H groups in total. The monoisotopic (exact) mass is 336 g/mol. The Morgan fingerprint density at radius 3 is 1.96 bits per heavy atom. The number of ether oxygens (including phenoxy) is 3. The lowest BCUT2D eigenvalue weighted by molar-refractivity contribution is -0.325. The molecule has 8 heteroatoms. The van der Waals surface area contributed by atoms with Gasteiger partial charge in [0.2, 0.25) is 0 Å². The molecule has 0 aromatic rings. The first-order valence-corrected chi connectivity index (χ1v) is 8.04. The summed E-state index contributed by atoms with van der Waals surface area (Å²) in [6.45, 7) is 4.48. The zero-order valence-electron chi connectivity index (χ0n) is 13.6. The van der Waals surface area contributed by atoms with Crippen LogP contribution in [0.5, 0.6) is 0 Å². The van der Waals surface area contributed by atoms with E-state index in [-0.39, 0.29) is 18.6 Å². The fourth-order valence-corrected chi connectivity index (χ4v) is 3.12. The summed E-state index contributed by atoms with van der Waals surface area (Å²) in [7, 11) is 0. The summed E-state index contributed by atoms with van der Waals surface area (Å²) in [6.07, 6.45) is -6.91. The number of hydrogen-bond acceptors (Lipinski definition) is 8. The van der Waals surface area contributed by atoms with Crippen LogP contribution in [0.2, 0.25) is 0 Å². The van der Waals surface area contributed by atoms with E-state index >= 15 is 0 Å². The average molecular weight is 336 g/mol. The first kappa shape index (κ1) is 19.0. The van der Waals surface area contributed by atoms with E-state index in [0.717, 1.165) is 0 Å². The number of rotatable bonds is 4. The van der Waals surface area contributed by atoms with Gasteiger partial charge in [-0.3, -0.25) is 0 Å². The van der Waals surface area contributed by atoms with Crippen LogP contribution >= 0.6 is 0 Å². The minimum atomic E-state index is -1.21. The zero-order valence-corrected chi connectivity index (χ0v) is 13.6. The molecule has 23 heavy (non-hydrogen) atoms. The van der Waals surface area contributed by atoms with Crippen molar-refractivity contribution in [2.24, 2.45) is 11.8 Å². The summed E-state index contributed by atoms with van der Waals surface area (Å²) in [4.78, 5) is 0. The third-order valence-corrected chi connectivity index (χ3v) is 5.03. The molecule has 0 saturated carbocycles. The number of aliphatic hydroxyl groups is 5. The van der Waals surface area contributed by atoms with E-state index in [0.29, 0.717) is 0 Å². The van der Waals surface area contributed by atoms with Crippen molar-refractivity contribution in [3.63, 3.8) is 0 Å². The Labute approximate surface area is 135 Å². The highest BCUT2D eigenvalue weighted by atomic mass is 16.7. The van der Waals surface area contributed by atoms with Gasteiger partial charge in [-0.05, 0) is 6.92 Å². The summed E-state index contributed by atoms with van der Waals surface area (Å²) in [5.74, 6) is -0.778. The molecule has 2 rings (SSSR count). The number of hydrogen-bond donors (Lipinski definition) is 5. The molecule has 136 valence electrons. The SMILES string of the molecule is CC1OC(CO)C(OC2OC(CO)C(O)C(O)C2C)C(O)C1C. The van der Waals surface area contributed by atoms with E-state index in [1.54, 1.807) is 6.92 Å². The Kier molecular flexibility index (Phi) is 6.37. The highest BCUT2D eigenvalue weighted by Gasteiger charge is 2.47. The van der Waals surface area contributed by atoms with Crippen LogP contribution in [0.25, 0.3) is 0 Å². The summed E-state index contributed by atoms with van der Waals surface area (Å²) in [5, 5.41) is 49.1. The normalized spacial score (nSPS) is 51.7. The molecule has 0 aromatic carbocycles. The quantitative estimate of drug-likeness (QED) is 0.408. The predicted octanol–water partition coefficient (Wildman–Crippen LogP) is -1.78. The van der Waals surface area contributed by atoms with E-state index < -0.39 is 55.4 Å². The average Bonchev–Trinajstić information content (AvgIpc) is 2.55. The van der Waals surface area contributed by atoms with E-state index in [1.165, 1.54) is 0 Å². The van der Waals surface area contributed by atoms with Crippen LogP contribution in [0.3, 0.4) is 0 Å². The van der Waals surface area contributed by atoms with E-state index in [1.807, 2.05) is 13.8 Å². The van der Waals surface area contributed by atoms with Gasteiger partial charge >= 0.3 is 0 Å². The maximum absolute atomic E-state index is 10.4. The lowest BCUT2D eigenvalue weighted by atomic mass is 9.88. The van der Waals surface area contributed by atoms with Crippen molar-refractivity contribution in [1.82, 2.24) is 0 Å². The van der Waals surface area contributed by atoms with Crippen LogP contribution in [0.4, 0.5) is 0 Å². The Hall–Kier alpha value is -0.320. The number of aliphatic hydroxyl groups excluding tert-OH is 5. The van der Waals surface area contributed by atoms with Gasteiger partial charge in [0.15, 0.2) is 6.29 Å². The molecule has 0 spiro atoms. The predicted molar refractivity (Wildman–Crippen MR) is 78.4 cm³/mol. The third-order valence-electron chi connectivity index (χ3n) is 5.03. The molecule has 0 radical (unpaired) electrons. The summed E-state index contributed by atoms with van der Waals surface area (Å²) >= 11 is 0. The summed E-state index contributed by atoms with van der Waals surface area (Å²) in [6, 6.07) is 0. The van der Waals surface area contributed by atoms with Crippen molar-refractivity contribution in [2.45, 2.75) is 69.8 Å². The Bertz CT molecular complexity index is 376. The molecular weight excluding hydrogens is 308 g/mol. The van der Waals surface area contributed by atoms with Crippen molar-refractivity contribution in [3.8, 4) is 0 Å². The lowest BCUT2D eigenvalue weighted by Crippen LogP contribution is -2.60. The minimum Gasteiger partial charge on any atom is -0.394 e. The molecule has 10 unspecified atom stereocenters. The van der Waals surface area contributed by atoms with Gasteiger partial charge in [-0.2, -0.15) is 0 Å². The van der Waals surface area contributed by atoms with Crippen molar-refractivity contribution in [3.05, 3.63) is 0 Å². The van der Waals surface area contributed by atoms with E-state index in [9.17, 15) is 25.5 Å². The molecule has 8 nitrogen and oxygen atoms in total. The van der Waals surface area contributed by atoms with Crippen LogP contribution in [0.1, 0.15) is 20.8 Å². The van der Waals surface area contributed by atoms with Crippen molar-refractivity contribution >= 4 is 0 Å². The van der Waals surface area contributed by atoms with Gasteiger partial charge in [0, 0.05) is 11.8 Å².